The molecule has 0 amide bonds. The fraction of sp³-hybridized carbons (Fsp3) is 0.667. The molecule has 0 aromatic carbocycles. The first kappa shape index (κ1) is 15.5. The fourth-order valence-electron chi connectivity index (χ4n) is 1.38. The topological polar surface area (TPSA) is 47.0 Å². The Morgan fingerprint density at radius 3 is 2.68 bits per heavy atom. The lowest BCUT2D eigenvalue weighted by Gasteiger charge is -2.09. The number of ether oxygens (including phenoxy) is 1. The maximum absolute atomic E-state index is 12.0. The molecule has 1 aromatic heterocycles. The summed E-state index contributed by atoms with van der Waals surface area (Å²) in [7, 11) is 0. The van der Waals surface area contributed by atoms with Gasteiger partial charge in [-0.25, -0.2) is 4.98 Å². The van der Waals surface area contributed by atoms with Crippen LogP contribution in [0.2, 0.25) is 0 Å². The van der Waals surface area contributed by atoms with Crippen LogP contribution in [0, 0.1) is 6.92 Å². The van der Waals surface area contributed by atoms with E-state index < -0.39 is 12.6 Å². The normalized spacial score (nSPS) is 11.4. The third-order valence-electron chi connectivity index (χ3n) is 2.22. The molecular weight excluding hydrogens is 259 g/mol. The van der Waals surface area contributed by atoms with Crippen LogP contribution in [0.4, 0.5) is 19.1 Å². The van der Waals surface area contributed by atoms with Crippen molar-refractivity contribution in [3.63, 3.8) is 0 Å². The van der Waals surface area contributed by atoms with Crippen LogP contribution in [0.25, 0.3) is 0 Å². The molecule has 0 aliphatic heterocycles. The molecule has 0 radical (unpaired) electrons. The van der Waals surface area contributed by atoms with E-state index in [2.05, 4.69) is 15.3 Å². The molecule has 0 aliphatic rings. The molecule has 1 rings (SSSR count). The second-order valence-corrected chi connectivity index (χ2v) is 4.17. The van der Waals surface area contributed by atoms with E-state index >= 15 is 0 Å². The number of nitrogens with zero attached hydrogens (tertiary/aromatic N) is 2. The summed E-state index contributed by atoms with van der Waals surface area (Å²) < 4.78 is 41.1. The number of rotatable bonds is 7. The zero-order valence-corrected chi connectivity index (χ0v) is 11.0. The van der Waals surface area contributed by atoms with Crippen LogP contribution in [0.15, 0.2) is 6.07 Å². The van der Waals surface area contributed by atoms with Crippen LogP contribution in [-0.2, 0) is 0 Å². The molecule has 0 bridgehead atoms. The van der Waals surface area contributed by atoms with Crippen molar-refractivity contribution < 1.29 is 17.9 Å². The Morgan fingerprint density at radius 2 is 2.05 bits per heavy atom. The molecule has 4 nitrogen and oxygen atoms in total. The second-order valence-electron chi connectivity index (χ2n) is 4.17. The molecule has 19 heavy (non-hydrogen) atoms. The summed E-state index contributed by atoms with van der Waals surface area (Å²) >= 11 is 0. The van der Waals surface area contributed by atoms with Gasteiger partial charge in [0.05, 0.1) is 6.61 Å². The first-order chi connectivity index (χ1) is 8.90. The van der Waals surface area contributed by atoms with Crippen LogP contribution in [0.5, 0.6) is 5.88 Å². The van der Waals surface area contributed by atoms with Gasteiger partial charge in [-0.1, -0.05) is 6.92 Å². The van der Waals surface area contributed by atoms with Crippen molar-refractivity contribution in [1.29, 1.82) is 0 Å². The average Bonchev–Trinajstić information content (AvgIpc) is 2.30. The first-order valence-corrected chi connectivity index (χ1v) is 6.20. The van der Waals surface area contributed by atoms with E-state index in [1.165, 1.54) is 0 Å². The highest BCUT2D eigenvalue weighted by Crippen LogP contribution is 2.21. The van der Waals surface area contributed by atoms with Crippen molar-refractivity contribution in [2.24, 2.45) is 0 Å². The predicted molar refractivity (Wildman–Crippen MR) is 66.3 cm³/mol. The summed E-state index contributed by atoms with van der Waals surface area (Å²) in [4.78, 5) is 8.24. The number of alkyl halides is 3. The van der Waals surface area contributed by atoms with Gasteiger partial charge in [-0.2, -0.15) is 18.2 Å². The van der Waals surface area contributed by atoms with E-state index in [4.69, 9.17) is 4.74 Å². The highest BCUT2D eigenvalue weighted by atomic mass is 19.4. The number of nitrogens with one attached hydrogen (secondary N) is 1. The largest absolute Gasteiger partial charge is 0.478 e. The number of hydrogen-bond donors (Lipinski definition) is 1. The van der Waals surface area contributed by atoms with Crippen LogP contribution >= 0.6 is 0 Å². The number of halogens is 3. The van der Waals surface area contributed by atoms with Gasteiger partial charge >= 0.3 is 6.18 Å². The zero-order chi connectivity index (χ0) is 14.3. The molecule has 0 unspecified atom stereocenters. The summed E-state index contributed by atoms with van der Waals surface area (Å²) in [6, 6.07) is 1.60. The van der Waals surface area contributed by atoms with Crippen molar-refractivity contribution >= 4 is 5.95 Å². The van der Waals surface area contributed by atoms with Gasteiger partial charge in [0.1, 0.15) is 0 Å². The molecule has 1 heterocycles. The summed E-state index contributed by atoms with van der Waals surface area (Å²) in [6.45, 7) is 4.51. The molecule has 0 atom stereocenters. The molecule has 0 spiro atoms. The maximum Gasteiger partial charge on any atom is 0.389 e. The van der Waals surface area contributed by atoms with Gasteiger partial charge in [0.2, 0.25) is 11.8 Å². The summed E-state index contributed by atoms with van der Waals surface area (Å²) in [6.07, 6.45) is -4.14. The molecule has 108 valence electrons. The summed E-state index contributed by atoms with van der Waals surface area (Å²) in [5.74, 6) is 0.737. The van der Waals surface area contributed by atoms with E-state index in [1.54, 1.807) is 13.0 Å². The Hall–Kier alpha value is -1.53. The van der Waals surface area contributed by atoms with Gasteiger partial charge in [-0.3, -0.25) is 0 Å². The lowest BCUT2D eigenvalue weighted by molar-refractivity contribution is -0.136. The van der Waals surface area contributed by atoms with E-state index in [9.17, 15) is 13.2 Å². The minimum Gasteiger partial charge on any atom is -0.478 e. The van der Waals surface area contributed by atoms with Gasteiger partial charge < -0.3 is 10.1 Å². The summed E-state index contributed by atoms with van der Waals surface area (Å²) in [5.41, 5.74) is 0.708. The Kier molecular flexibility index (Phi) is 5.85. The molecule has 0 fully saturated rings. The van der Waals surface area contributed by atoms with E-state index in [0.717, 1.165) is 13.0 Å². The number of hydrogen-bond acceptors (Lipinski definition) is 4. The van der Waals surface area contributed by atoms with Gasteiger partial charge in [-0.15, -0.1) is 0 Å². The standard InChI is InChI=1S/C12H18F3N3O/c1-3-6-16-11-17-9(2)8-10(18-11)19-7-4-5-12(13,14)15/h8H,3-7H2,1-2H3,(H,16,17,18). The number of anilines is 1. The number of aryl methyl sites for hydroxylation is 1. The smallest absolute Gasteiger partial charge is 0.389 e. The highest BCUT2D eigenvalue weighted by molar-refractivity contribution is 5.30. The third kappa shape index (κ3) is 6.83. The Balaban J connectivity index is 2.46. The lowest BCUT2D eigenvalue weighted by Crippen LogP contribution is -2.11. The van der Waals surface area contributed by atoms with Crippen LogP contribution in [0.3, 0.4) is 0 Å². The monoisotopic (exact) mass is 277 g/mol. The lowest BCUT2D eigenvalue weighted by atomic mass is 10.3. The number of aromatic nitrogens is 2. The van der Waals surface area contributed by atoms with Gasteiger partial charge in [0.25, 0.3) is 0 Å². The van der Waals surface area contributed by atoms with Gasteiger partial charge in [0.15, 0.2) is 0 Å². The summed E-state index contributed by atoms with van der Waals surface area (Å²) in [5, 5.41) is 3.01. The van der Waals surface area contributed by atoms with E-state index in [-0.39, 0.29) is 13.0 Å². The Morgan fingerprint density at radius 1 is 1.32 bits per heavy atom. The van der Waals surface area contributed by atoms with Crippen LogP contribution in [0.1, 0.15) is 31.9 Å². The minimum atomic E-state index is -4.14. The molecule has 0 aliphatic carbocycles. The van der Waals surface area contributed by atoms with E-state index in [1.807, 2.05) is 6.92 Å². The SMILES string of the molecule is CCCNc1nc(C)cc(OCCCC(F)(F)F)n1. The molecular formula is C12H18F3N3O. The van der Waals surface area contributed by atoms with Crippen LogP contribution in [-0.4, -0.2) is 29.3 Å². The average molecular weight is 277 g/mol. The fourth-order valence-corrected chi connectivity index (χ4v) is 1.38. The molecule has 1 aromatic rings. The maximum atomic E-state index is 12.0. The highest BCUT2D eigenvalue weighted by Gasteiger charge is 2.26. The van der Waals surface area contributed by atoms with Crippen molar-refractivity contribution in [2.75, 3.05) is 18.5 Å². The second kappa shape index (κ2) is 7.16. The minimum absolute atomic E-state index is 0.0107. The third-order valence-corrected chi connectivity index (χ3v) is 2.22. The molecule has 0 saturated carbocycles. The first-order valence-electron chi connectivity index (χ1n) is 6.20. The van der Waals surface area contributed by atoms with Gasteiger partial charge in [0, 0.05) is 24.7 Å². The van der Waals surface area contributed by atoms with Gasteiger partial charge in [-0.05, 0) is 19.8 Å². The Labute approximate surface area is 110 Å². The van der Waals surface area contributed by atoms with E-state index in [0.29, 0.717) is 17.5 Å². The molecule has 0 saturated heterocycles. The predicted octanol–water partition coefficient (Wildman–Crippen LogP) is 3.33. The van der Waals surface area contributed by atoms with Crippen molar-refractivity contribution in [3.05, 3.63) is 11.8 Å². The van der Waals surface area contributed by atoms with Crippen molar-refractivity contribution in [2.45, 2.75) is 39.3 Å². The van der Waals surface area contributed by atoms with Crippen LogP contribution < -0.4 is 10.1 Å². The Bertz CT molecular complexity index is 396. The molecule has 1 N–H and O–H groups in total. The molecule has 7 heteroatoms. The van der Waals surface area contributed by atoms with Crippen molar-refractivity contribution in [1.82, 2.24) is 9.97 Å². The quantitative estimate of drug-likeness (QED) is 0.777. The zero-order valence-electron chi connectivity index (χ0n) is 11.0. The van der Waals surface area contributed by atoms with Crippen molar-refractivity contribution in [3.8, 4) is 5.88 Å².